The van der Waals surface area contributed by atoms with Gasteiger partial charge in [0.1, 0.15) is 28.5 Å². The van der Waals surface area contributed by atoms with E-state index in [9.17, 15) is 4.79 Å². The average molecular weight is 390 g/mol. The molecule has 0 saturated heterocycles. The van der Waals surface area contributed by atoms with Gasteiger partial charge in [0.25, 0.3) is 0 Å². The maximum Gasteiger partial charge on any atom is 0.363 e. The van der Waals surface area contributed by atoms with Crippen LogP contribution in [0, 0.1) is 6.92 Å². The van der Waals surface area contributed by atoms with Gasteiger partial charge in [0.2, 0.25) is 5.90 Å². The summed E-state index contributed by atoms with van der Waals surface area (Å²) in [5.41, 5.74) is 2.79. The van der Waals surface area contributed by atoms with Crippen molar-refractivity contribution in [3.05, 3.63) is 71.1 Å². The van der Waals surface area contributed by atoms with Crippen LogP contribution in [0.15, 0.2) is 63.7 Å². The van der Waals surface area contributed by atoms with Crippen LogP contribution in [0.5, 0.6) is 11.5 Å². The minimum absolute atomic E-state index is 0.156. The quantitative estimate of drug-likeness (QED) is 0.483. The van der Waals surface area contributed by atoms with E-state index in [0.29, 0.717) is 34.1 Å². The molecular weight excluding hydrogens is 372 g/mol. The molecule has 0 bridgehead atoms. The Hall–Kier alpha value is -3.87. The van der Waals surface area contributed by atoms with Crippen molar-refractivity contribution < 1.29 is 23.5 Å². The molecule has 1 aliphatic rings. The van der Waals surface area contributed by atoms with E-state index in [1.165, 1.54) is 0 Å². The molecule has 1 aliphatic heterocycles. The van der Waals surface area contributed by atoms with E-state index in [1.807, 2.05) is 30.3 Å². The lowest BCUT2D eigenvalue weighted by Crippen LogP contribution is -2.07. The maximum absolute atomic E-state index is 12.4. The van der Waals surface area contributed by atoms with Gasteiger partial charge in [-0.1, -0.05) is 35.5 Å². The molecule has 146 valence electrons. The first kappa shape index (κ1) is 18.5. The fourth-order valence-corrected chi connectivity index (χ4v) is 3.02. The number of esters is 1. The standard InChI is InChI=1S/C22H18N2O5/c1-13-19(20(24-29-13)14-7-5-4-6-8-14)21-23-17(22(25)28-21)11-15-9-10-16(26-2)12-18(15)27-3/h4-12H,1-3H3/b17-11-. The van der Waals surface area contributed by atoms with Gasteiger partial charge in [-0.2, -0.15) is 0 Å². The average Bonchev–Trinajstić information content (AvgIpc) is 3.31. The highest BCUT2D eigenvalue weighted by atomic mass is 16.6. The van der Waals surface area contributed by atoms with Crippen molar-refractivity contribution in [1.29, 1.82) is 0 Å². The molecule has 29 heavy (non-hydrogen) atoms. The number of aliphatic imine (C=N–C) groups is 1. The van der Waals surface area contributed by atoms with Crippen LogP contribution < -0.4 is 9.47 Å². The van der Waals surface area contributed by atoms with Crippen molar-refractivity contribution in [3.8, 4) is 22.8 Å². The van der Waals surface area contributed by atoms with Gasteiger partial charge in [0.05, 0.1) is 14.2 Å². The van der Waals surface area contributed by atoms with E-state index in [4.69, 9.17) is 18.7 Å². The van der Waals surface area contributed by atoms with Crippen LogP contribution in [-0.4, -0.2) is 31.2 Å². The molecule has 2 aromatic carbocycles. The van der Waals surface area contributed by atoms with Gasteiger partial charge >= 0.3 is 5.97 Å². The summed E-state index contributed by atoms with van der Waals surface area (Å²) in [7, 11) is 3.12. The largest absolute Gasteiger partial charge is 0.497 e. The Morgan fingerprint density at radius 1 is 1.03 bits per heavy atom. The predicted molar refractivity (Wildman–Crippen MR) is 107 cm³/mol. The summed E-state index contributed by atoms with van der Waals surface area (Å²) in [5, 5.41) is 4.11. The second kappa shape index (κ2) is 7.63. The molecule has 0 aliphatic carbocycles. The molecule has 0 spiro atoms. The third kappa shape index (κ3) is 3.50. The summed E-state index contributed by atoms with van der Waals surface area (Å²) >= 11 is 0. The number of aryl methyl sites for hydroxylation is 1. The Balaban J connectivity index is 1.75. The molecular formula is C22H18N2O5. The Morgan fingerprint density at radius 3 is 2.55 bits per heavy atom. The summed E-state index contributed by atoms with van der Waals surface area (Å²) in [5.74, 6) is 1.32. The molecule has 0 fully saturated rings. The van der Waals surface area contributed by atoms with E-state index in [0.717, 1.165) is 5.56 Å². The van der Waals surface area contributed by atoms with Crippen LogP contribution in [0.3, 0.4) is 0 Å². The highest BCUT2D eigenvalue weighted by Gasteiger charge is 2.30. The van der Waals surface area contributed by atoms with Crippen molar-refractivity contribution in [2.24, 2.45) is 4.99 Å². The third-order valence-corrected chi connectivity index (χ3v) is 4.48. The van der Waals surface area contributed by atoms with E-state index < -0.39 is 5.97 Å². The first-order valence-corrected chi connectivity index (χ1v) is 8.87. The van der Waals surface area contributed by atoms with Gasteiger partial charge in [0, 0.05) is 17.2 Å². The molecule has 0 atom stereocenters. The van der Waals surface area contributed by atoms with Crippen LogP contribution in [0.25, 0.3) is 17.3 Å². The molecule has 2 heterocycles. The number of hydrogen-bond acceptors (Lipinski definition) is 7. The lowest BCUT2D eigenvalue weighted by molar-refractivity contribution is -0.129. The molecule has 7 nitrogen and oxygen atoms in total. The number of carbonyl (C=O) groups excluding carboxylic acids is 1. The summed E-state index contributed by atoms with van der Waals surface area (Å²) in [4.78, 5) is 16.8. The number of ether oxygens (including phenoxy) is 3. The van der Waals surface area contributed by atoms with E-state index >= 15 is 0 Å². The number of rotatable bonds is 5. The van der Waals surface area contributed by atoms with Gasteiger partial charge < -0.3 is 18.7 Å². The molecule has 7 heteroatoms. The van der Waals surface area contributed by atoms with Crippen molar-refractivity contribution in [2.45, 2.75) is 6.92 Å². The summed E-state index contributed by atoms with van der Waals surface area (Å²) in [6.45, 7) is 1.75. The van der Waals surface area contributed by atoms with Gasteiger partial charge in [-0.25, -0.2) is 9.79 Å². The van der Waals surface area contributed by atoms with Crippen LogP contribution >= 0.6 is 0 Å². The molecule has 0 unspecified atom stereocenters. The Morgan fingerprint density at radius 2 is 1.83 bits per heavy atom. The van der Waals surface area contributed by atoms with E-state index in [2.05, 4.69) is 10.1 Å². The first-order chi connectivity index (χ1) is 14.1. The topological polar surface area (TPSA) is 83.2 Å². The SMILES string of the molecule is COc1ccc(/C=C2\N=C(c3c(-c4ccccc4)noc3C)OC2=O)c(OC)c1. The minimum Gasteiger partial charge on any atom is -0.497 e. The Kier molecular flexibility index (Phi) is 4.87. The fraction of sp³-hybridized carbons (Fsp3) is 0.136. The normalized spacial score (nSPS) is 14.7. The van der Waals surface area contributed by atoms with Gasteiger partial charge in [0.15, 0.2) is 5.70 Å². The molecule has 3 aromatic rings. The van der Waals surface area contributed by atoms with Crippen molar-refractivity contribution in [1.82, 2.24) is 5.16 Å². The lowest BCUT2D eigenvalue weighted by atomic mass is 10.1. The number of carbonyl (C=O) groups is 1. The number of cyclic esters (lactones) is 1. The number of nitrogens with zero attached hydrogens (tertiary/aromatic N) is 2. The Bertz CT molecular complexity index is 1130. The summed E-state index contributed by atoms with van der Waals surface area (Å²) < 4.78 is 21.3. The number of aromatic nitrogens is 1. The summed E-state index contributed by atoms with van der Waals surface area (Å²) in [6, 6.07) is 14.8. The number of benzene rings is 2. The number of hydrogen-bond donors (Lipinski definition) is 0. The second-order valence-electron chi connectivity index (χ2n) is 6.27. The van der Waals surface area contributed by atoms with Crippen LogP contribution in [0.2, 0.25) is 0 Å². The highest BCUT2D eigenvalue weighted by Crippen LogP contribution is 2.31. The second-order valence-corrected chi connectivity index (χ2v) is 6.27. The van der Waals surface area contributed by atoms with Gasteiger partial charge in [-0.05, 0) is 25.1 Å². The van der Waals surface area contributed by atoms with E-state index in [1.54, 1.807) is 45.4 Å². The maximum atomic E-state index is 12.4. The zero-order chi connectivity index (χ0) is 20.4. The summed E-state index contributed by atoms with van der Waals surface area (Å²) in [6.07, 6.45) is 1.61. The molecule has 0 amide bonds. The van der Waals surface area contributed by atoms with Crippen LogP contribution in [0.1, 0.15) is 16.9 Å². The monoisotopic (exact) mass is 390 g/mol. The number of methoxy groups -OCH3 is 2. The Labute approximate surface area is 167 Å². The smallest absolute Gasteiger partial charge is 0.363 e. The molecule has 0 saturated carbocycles. The highest BCUT2D eigenvalue weighted by molar-refractivity contribution is 6.15. The van der Waals surface area contributed by atoms with Crippen molar-refractivity contribution >= 4 is 17.9 Å². The van der Waals surface area contributed by atoms with E-state index in [-0.39, 0.29) is 11.6 Å². The molecule has 1 aromatic heterocycles. The van der Waals surface area contributed by atoms with Crippen molar-refractivity contribution in [3.63, 3.8) is 0 Å². The molecule has 0 radical (unpaired) electrons. The minimum atomic E-state index is -0.558. The zero-order valence-corrected chi connectivity index (χ0v) is 16.1. The lowest BCUT2D eigenvalue weighted by Gasteiger charge is -2.07. The molecule has 4 rings (SSSR count). The molecule has 0 N–H and O–H groups in total. The fourth-order valence-electron chi connectivity index (χ4n) is 3.02. The third-order valence-electron chi connectivity index (χ3n) is 4.48. The van der Waals surface area contributed by atoms with Crippen LogP contribution in [-0.2, 0) is 9.53 Å². The van der Waals surface area contributed by atoms with Gasteiger partial charge in [-0.15, -0.1) is 0 Å². The zero-order valence-electron chi connectivity index (χ0n) is 16.1. The van der Waals surface area contributed by atoms with Crippen LogP contribution in [0.4, 0.5) is 0 Å². The first-order valence-electron chi connectivity index (χ1n) is 8.87. The van der Waals surface area contributed by atoms with Crippen molar-refractivity contribution in [2.75, 3.05) is 14.2 Å². The predicted octanol–water partition coefficient (Wildman–Crippen LogP) is 4.01. The van der Waals surface area contributed by atoms with Gasteiger partial charge in [-0.3, -0.25) is 0 Å².